The standard InChI is InChI=1S/C15H22N2O3/c1-4-15(6-5-7-15)16-12-8-13(17(18)19)10-14(9-12)20-11(2)3/h8-11,16H,4-7H2,1-3H3. The number of benzene rings is 1. The summed E-state index contributed by atoms with van der Waals surface area (Å²) in [5, 5.41) is 14.5. The van der Waals surface area contributed by atoms with Crippen LogP contribution in [0, 0.1) is 10.1 Å². The maximum Gasteiger partial charge on any atom is 0.275 e. The summed E-state index contributed by atoms with van der Waals surface area (Å²) in [5.41, 5.74) is 0.942. The molecule has 1 N–H and O–H groups in total. The highest BCUT2D eigenvalue weighted by molar-refractivity contribution is 5.58. The number of rotatable bonds is 6. The summed E-state index contributed by atoms with van der Waals surface area (Å²) in [4.78, 5) is 10.7. The zero-order chi connectivity index (χ0) is 14.8. The molecule has 20 heavy (non-hydrogen) atoms. The van der Waals surface area contributed by atoms with Crippen molar-refractivity contribution < 1.29 is 9.66 Å². The Labute approximate surface area is 119 Å². The van der Waals surface area contributed by atoms with Crippen LogP contribution >= 0.6 is 0 Å². The predicted molar refractivity (Wildman–Crippen MR) is 79.4 cm³/mol. The highest BCUT2D eigenvalue weighted by Crippen LogP contribution is 2.39. The molecule has 0 atom stereocenters. The van der Waals surface area contributed by atoms with Crippen LogP contribution in [0.15, 0.2) is 18.2 Å². The molecular weight excluding hydrogens is 256 g/mol. The van der Waals surface area contributed by atoms with Gasteiger partial charge >= 0.3 is 0 Å². The molecule has 0 heterocycles. The van der Waals surface area contributed by atoms with Crippen molar-refractivity contribution in [3.05, 3.63) is 28.3 Å². The smallest absolute Gasteiger partial charge is 0.275 e. The van der Waals surface area contributed by atoms with Crippen molar-refractivity contribution in [2.75, 3.05) is 5.32 Å². The third-order valence-electron chi connectivity index (χ3n) is 3.87. The number of hydrogen-bond donors (Lipinski definition) is 1. The SMILES string of the molecule is CCC1(Nc2cc(OC(C)C)cc([N+](=O)[O-])c2)CCC1. The van der Waals surface area contributed by atoms with Crippen LogP contribution in [-0.2, 0) is 0 Å². The molecular formula is C15H22N2O3. The predicted octanol–water partition coefficient (Wildman–Crippen LogP) is 4.13. The summed E-state index contributed by atoms with van der Waals surface area (Å²) in [7, 11) is 0. The van der Waals surface area contributed by atoms with Crippen molar-refractivity contribution in [2.45, 2.75) is 58.1 Å². The van der Waals surface area contributed by atoms with Crippen LogP contribution in [0.3, 0.4) is 0 Å². The van der Waals surface area contributed by atoms with Crippen LogP contribution in [0.1, 0.15) is 46.5 Å². The van der Waals surface area contributed by atoms with Crippen molar-refractivity contribution in [1.82, 2.24) is 0 Å². The molecule has 2 rings (SSSR count). The molecule has 110 valence electrons. The minimum Gasteiger partial charge on any atom is -0.491 e. The maximum absolute atomic E-state index is 11.0. The van der Waals surface area contributed by atoms with Crippen LogP contribution in [0.4, 0.5) is 11.4 Å². The van der Waals surface area contributed by atoms with Crippen molar-refractivity contribution in [1.29, 1.82) is 0 Å². The van der Waals surface area contributed by atoms with E-state index in [1.807, 2.05) is 19.9 Å². The van der Waals surface area contributed by atoms with Crippen LogP contribution in [0.5, 0.6) is 5.75 Å². The number of hydrogen-bond acceptors (Lipinski definition) is 4. The lowest BCUT2D eigenvalue weighted by Gasteiger charge is -2.43. The van der Waals surface area contributed by atoms with E-state index in [0.29, 0.717) is 5.75 Å². The number of nitro groups is 1. The number of nitrogens with one attached hydrogen (secondary N) is 1. The van der Waals surface area contributed by atoms with Gasteiger partial charge in [0.2, 0.25) is 0 Å². The first-order chi connectivity index (χ1) is 9.44. The van der Waals surface area contributed by atoms with Gasteiger partial charge in [-0.3, -0.25) is 10.1 Å². The van der Waals surface area contributed by atoms with E-state index in [4.69, 9.17) is 4.74 Å². The largest absolute Gasteiger partial charge is 0.491 e. The topological polar surface area (TPSA) is 64.4 Å². The fourth-order valence-electron chi connectivity index (χ4n) is 2.58. The lowest BCUT2D eigenvalue weighted by Crippen LogP contribution is -2.44. The number of nitro benzene ring substituents is 1. The first-order valence-electron chi connectivity index (χ1n) is 7.18. The molecule has 0 aliphatic heterocycles. The van der Waals surface area contributed by atoms with Gasteiger partial charge < -0.3 is 10.1 Å². The van der Waals surface area contributed by atoms with Gasteiger partial charge in [0.1, 0.15) is 5.75 Å². The highest BCUT2D eigenvalue weighted by atomic mass is 16.6. The molecule has 0 amide bonds. The molecule has 0 radical (unpaired) electrons. The second kappa shape index (κ2) is 5.69. The number of anilines is 1. The summed E-state index contributed by atoms with van der Waals surface area (Å²) in [6.07, 6.45) is 4.47. The molecule has 1 saturated carbocycles. The summed E-state index contributed by atoms with van der Waals surface area (Å²) < 4.78 is 5.60. The van der Waals surface area contributed by atoms with Gasteiger partial charge in [0.05, 0.1) is 17.1 Å². The van der Waals surface area contributed by atoms with E-state index in [1.165, 1.54) is 12.5 Å². The highest BCUT2D eigenvalue weighted by Gasteiger charge is 2.35. The van der Waals surface area contributed by atoms with Crippen LogP contribution in [-0.4, -0.2) is 16.6 Å². The Morgan fingerprint density at radius 1 is 1.40 bits per heavy atom. The van der Waals surface area contributed by atoms with Gasteiger partial charge in [-0.25, -0.2) is 0 Å². The minimum absolute atomic E-state index is 0.00584. The third kappa shape index (κ3) is 3.21. The number of non-ortho nitro benzene ring substituents is 1. The first-order valence-corrected chi connectivity index (χ1v) is 7.18. The number of ether oxygens (including phenoxy) is 1. The zero-order valence-corrected chi connectivity index (χ0v) is 12.3. The quantitative estimate of drug-likeness (QED) is 0.627. The molecule has 0 saturated heterocycles. The summed E-state index contributed by atoms with van der Waals surface area (Å²) in [6, 6.07) is 4.91. The van der Waals surface area contributed by atoms with Crippen molar-refractivity contribution in [3.8, 4) is 5.75 Å². The Balaban J connectivity index is 2.26. The molecule has 1 aliphatic rings. The van der Waals surface area contributed by atoms with Gasteiger partial charge in [-0.1, -0.05) is 6.92 Å². The van der Waals surface area contributed by atoms with Crippen molar-refractivity contribution in [3.63, 3.8) is 0 Å². The molecule has 5 heteroatoms. The Hall–Kier alpha value is -1.78. The normalized spacial score (nSPS) is 16.6. The van der Waals surface area contributed by atoms with E-state index in [2.05, 4.69) is 12.2 Å². The van der Waals surface area contributed by atoms with E-state index in [0.717, 1.165) is 24.9 Å². The zero-order valence-electron chi connectivity index (χ0n) is 12.3. The fourth-order valence-corrected chi connectivity index (χ4v) is 2.58. The molecule has 5 nitrogen and oxygen atoms in total. The Morgan fingerprint density at radius 2 is 2.10 bits per heavy atom. The van der Waals surface area contributed by atoms with E-state index in [-0.39, 0.29) is 22.3 Å². The summed E-state index contributed by atoms with van der Waals surface area (Å²) in [5.74, 6) is 0.544. The van der Waals surface area contributed by atoms with Gasteiger partial charge in [-0.05, 0) is 39.5 Å². The third-order valence-corrected chi connectivity index (χ3v) is 3.87. The molecule has 0 bridgehead atoms. The second-order valence-corrected chi connectivity index (χ2v) is 5.75. The first kappa shape index (κ1) is 14.6. The minimum atomic E-state index is -0.377. The Bertz CT molecular complexity index is 490. The molecule has 1 fully saturated rings. The number of nitrogens with zero attached hydrogens (tertiary/aromatic N) is 1. The van der Waals surface area contributed by atoms with Gasteiger partial charge in [0, 0.05) is 23.4 Å². The van der Waals surface area contributed by atoms with Crippen molar-refractivity contribution >= 4 is 11.4 Å². The van der Waals surface area contributed by atoms with Gasteiger partial charge in [0.15, 0.2) is 0 Å². The maximum atomic E-state index is 11.0. The fraction of sp³-hybridized carbons (Fsp3) is 0.600. The van der Waals surface area contributed by atoms with Crippen LogP contribution in [0.25, 0.3) is 0 Å². The molecule has 0 unspecified atom stereocenters. The van der Waals surface area contributed by atoms with Gasteiger partial charge in [-0.2, -0.15) is 0 Å². The lowest BCUT2D eigenvalue weighted by molar-refractivity contribution is -0.384. The molecule has 0 spiro atoms. The van der Waals surface area contributed by atoms with Gasteiger partial charge in [-0.15, -0.1) is 0 Å². The monoisotopic (exact) mass is 278 g/mol. The average molecular weight is 278 g/mol. The second-order valence-electron chi connectivity index (χ2n) is 5.75. The van der Waals surface area contributed by atoms with Crippen LogP contribution in [0.2, 0.25) is 0 Å². The van der Waals surface area contributed by atoms with Crippen molar-refractivity contribution in [2.24, 2.45) is 0 Å². The summed E-state index contributed by atoms with van der Waals surface area (Å²) in [6.45, 7) is 5.96. The van der Waals surface area contributed by atoms with Gasteiger partial charge in [0.25, 0.3) is 5.69 Å². The van der Waals surface area contributed by atoms with E-state index in [9.17, 15) is 10.1 Å². The molecule has 1 aromatic rings. The lowest BCUT2D eigenvalue weighted by atomic mass is 9.74. The van der Waals surface area contributed by atoms with E-state index in [1.54, 1.807) is 6.07 Å². The van der Waals surface area contributed by atoms with E-state index >= 15 is 0 Å². The molecule has 1 aliphatic carbocycles. The Morgan fingerprint density at radius 3 is 2.55 bits per heavy atom. The average Bonchev–Trinajstić information content (AvgIpc) is 2.32. The van der Waals surface area contributed by atoms with E-state index < -0.39 is 0 Å². The molecule has 0 aromatic heterocycles. The Kier molecular flexibility index (Phi) is 4.16. The summed E-state index contributed by atoms with van der Waals surface area (Å²) >= 11 is 0. The molecule has 1 aromatic carbocycles. The van der Waals surface area contributed by atoms with Crippen LogP contribution < -0.4 is 10.1 Å².